The van der Waals surface area contributed by atoms with Crippen LogP contribution in [-0.2, 0) is 11.2 Å². The summed E-state index contributed by atoms with van der Waals surface area (Å²) in [6.45, 7) is 0. The van der Waals surface area contributed by atoms with Crippen LogP contribution in [0.15, 0.2) is 5.51 Å². The van der Waals surface area contributed by atoms with Gasteiger partial charge >= 0.3 is 5.97 Å². The average Bonchev–Trinajstić information content (AvgIpc) is 2.41. The lowest BCUT2D eigenvalue weighted by molar-refractivity contribution is -0.138. The number of fused-ring (bicyclic) bond motifs is 1. The van der Waals surface area contributed by atoms with E-state index >= 15 is 0 Å². The normalized spacial score (nSPS) is 21.6. The molecule has 0 radical (unpaired) electrons. The lowest BCUT2D eigenvalue weighted by Crippen LogP contribution is -2.08. The molecule has 1 aromatic rings. The van der Waals surface area contributed by atoms with E-state index < -0.39 is 5.97 Å². The van der Waals surface area contributed by atoms with Gasteiger partial charge in [0.2, 0.25) is 0 Å². The lowest BCUT2D eigenvalue weighted by atomic mass is 10.1. The van der Waals surface area contributed by atoms with E-state index in [2.05, 4.69) is 4.98 Å². The van der Waals surface area contributed by atoms with Gasteiger partial charge in [0, 0.05) is 4.88 Å². The second-order valence-electron chi connectivity index (χ2n) is 2.59. The number of aromatic nitrogens is 1. The van der Waals surface area contributed by atoms with E-state index in [0.717, 1.165) is 23.4 Å². The van der Waals surface area contributed by atoms with Gasteiger partial charge in [0.1, 0.15) is 5.92 Å². The van der Waals surface area contributed by atoms with E-state index in [1.807, 2.05) is 0 Å². The van der Waals surface area contributed by atoms with Gasteiger partial charge in [-0.25, -0.2) is 4.98 Å². The fourth-order valence-corrected chi connectivity index (χ4v) is 2.25. The second kappa shape index (κ2) is 2.30. The maximum atomic E-state index is 10.6. The molecule has 1 heterocycles. The Morgan fingerprint density at radius 1 is 1.82 bits per heavy atom. The fourth-order valence-electron chi connectivity index (χ4n) is 1.40. The molecule has 1 atom stereocenters. The molecule has 58 valence electrons. The van der Waals surface area contributed by atoms with E-state index in [1.54, 1.807) is 16.8 Å². The molecule has 1 aliphatic rings. The molecule has 1 unspecified atom stereocenters. The third kappa shape index (κ3) is 0.939. The molecule has 1 N–H and O–H groups in total. The maximum absolute atomic E-state index is 10.6. The van der Waals surface area contributed by atoms with Gasteiger partial charge in [-0.15, -0.1) is 11.3 Å². The number of hydrogen-bond acceptors (Lipinski definition) is 3. The highest BCUT2D eigenvalue weighted by Crippen LogP contribution is 2.34. The zero-order valence-electron chi connectivity index (χ0n) is 5.78. The van der Waals surface area contributed by atoms with Crippen molar-refractivity contribution in [2.24, 2.45) is 0 Å². The first-order valence-electron chi connectivity index (χ1n) is 3.44. The van der Waals surface area contributed by atoms with Crippen molar-refractivity contribution in [3.05, 3.63) is 16.1 Å². The molecule has 0 saturated heterocycles. The quantitative estimate of drug-likeness (QED) is 0.688. The van der Waals surface area contributed by atoms with Gasteiger partial charge in [0.15, 0.2) is 0 Å². The molecular formula is C7H7NO2S. The Morgan fingerprint density at radius 2 is 2.64 bits per heavy atom. The number of aryl methyl sites for hydroxylation is 1. The standard InChI is InChI=1S/C7H7NO2S/c9-7(10)4-1-2-5-6(4)8-3-11-5/h3-4H,1-2H2,(H,9,10). The molecule has 0 spiro atoms. The molecule has 3 nitrogen and oxygen atoms in total. The van der Waals surface area contributed by atoms with E-state index in [4.69, 9.17) is 5.11 Å². The number of hydrogen-bond donors (Lipinski definition) is 1. The Kier molecular flexibility index (Phi) is 1.42. The van der Waals surface area contributed by atoms with Gasteiger partial charge in [-0.2, -0.15) is 0 Å². The van der Waals surface area contributed by atoms with Crippen molar-refractivity contribution >= 4 is 17.3 Å². The minimum atomic E-state index is -0.741. The zero-order valence-corrected chi connectivity index (χ0v) is 6.60. The third-order valence-electron chi connectivity index (χ3n) is 1.96. The van der Waals surface area contributed by atoms with Crippen LogP contribution in [0.3, 0.4) is 0 Å². The number of nitrogens with zero attached hydrogens (tertiary/aromatic N) is 1. The summed E-state index contributed by atoms with van der Waals surface area (Å²) in [5.74, 6) is -1.08. The van der Waals surface area contributed by atoms with Gasteiger partial charge in [-0.3, -0.25) is 4.79 Å². The Labute approximate surface area is 67.7 Å². The van der Waals surface area contributed by atoms with Crippen molar-refractivity contribution in [2.75, 3.05) is 0 Å². The van der Waals surface area contributed by atoms with Crippen LogP contribution in [0, 0.1) is 0 Å². The summed E-state index contributed by atoms with van der Waals surface area (Å²) in [6.07, 6.45) is 1.61. The molecule has 0 bridgehead atoms. The maximum Gasteiger partial charge on any atom is 0.312 e. The van der Waals surface area contributed by atoms with Crippen LogP contribution in [0.25, 0.3) is 0 Å². The van der Waals surface area contributed by atoms with Gasteiger partial charge < -0.3 is 5.11 Å². The lowest BCUT2D eigenvalue weighted by Gasteiger charge is -1.99. The highest BCUT2D eigenvalue weighted by Gasteiger charge is 2.30. The molecule has 1 aliphatic carbocycles. The molecule has 0 fully saturated rings. The van der Waals surface area contributed by atoms with Crippen molar-refractivity contribution in [3.8, 4) is 0 Å². The van der Waals surface area contributed by atoms with E-state index in [9.17, 15) is 4.79 Å². The summed E-state index contributed by atoms with van der Waals surface area (Å²) < 4.78 is 0. The van der Waals surface area contributed by atoms with Gasteiger partial charge in [0.25, 0.3) is 0 Å². The minimum absolute atomic E-state index is 0.337. The summed E-state index contributed by atoms with van der Waals surface area (Å²) >= 11 is 1.56. The van der Waals surface area contributed by atoms with Crippen LogP contribution in [0.5, 0.6) is 0 Å². The topological polar surface area (TPSA) is 50.2 Å². The van der Waals surface area contributed by atoms with Crippen molar-refractivity contribution in [3.63, 3.8) is 0 Å². The minimum Gasteiger partial charge on any atom is -0.481 e. The number of aliphatic carboxylic acids is 1. The van der Waals surface area contributed by atoms with Crippen LogP contribution in [0.2, 0.25) is 0 Å². The van der Waals surface area contributed by atoms with Crippen LogP contribution >= 0.6 is 11.3 Å². The van der Waals surface area contributed by atoms with Crippen molar-refractivity contribution in [1.82, 2.24) is 4.98 Å². The Balaban J connectivity index is 2.38. The molecule has 1 aromatic heterocycles. The Hall–Kier alpha value is -0.900. The zero-order chi connectivity index (χ0) is 7.84. The van der Waals surface area contributed by atoms with Crippen molar-refractivity contribution < 1.29 is 9.90 Å². The van der Waals surface area contributed by atoms with E-state index in [1.165, 1.54) is 0 Å². The van der Waals surface area contributed by atoms with Crippen LogP contribution < -0.4 is 0 Å². The number of thiazole rings is 1. The predicted molar refractivity (Wildman–Crippen MR) is 40.8 cm³/mol. The molecule has 4 heteroatoms. The van der Waals surface area contributed by atoms with Crippen LogP contribution in [-0.4, -0.2) is 16.1 Å². The number of carboxylic acids is 1. The summed E-state index contributed by atoms with van der Waals surface area (Å²) in [5.41, 5.74) is 2.52. The average molecular weight is 169 g/mol. The highest BCUT2D eigenvalue weighted by atomic mass is 32.1. The summed E-state index contributed by atoms with van der Waals surface area (Å²) in [6, 6.07) is 0. The summed E-state index contributed by atoms with van der Waals surface area (Å²) in [4.78, 5) is 15.8. The van der Waals surface area contributed by atoms with Gasteiger partial charge in [-0.1, -0.05) is 0 Å². The smallest absolute Gasteiger partial charge is 0.312 e. The summed E-state index contributed by atoms with van der Waals surface area (Å²) in [5, 5.41) is 8.74. The van der Waals surface area contributed by atoms with Gasteiger partial charge in [0.05, 0.1) is 11.2 Å². The van der Waals surface area contributed by atoms with Crippen LogP contribution in [0.1, 0.15) is 22.9 Å². The first kappa shape index (κ1) is 6.79. The number of rotatable bonds is 1. The largest absolute Gasteiger partial charge is 0.481 e. The Bertz CT molecular complexity index is 294. The molecular weight excluding hydrogens is 162 g/mol. The van der Waals surface area contributed by atoms with Crippen molar-refractivity contribution in [1.29, 1.82) is 0 Å². The highest BCUT2D eigenvalue weighted by molar-refractivity contribution is 7.09. The molecule has 0 aliphatic heterocycles. The number of carbonyl (C=O) groups is 1. The fraction of sp³-hybridized carbons (Fsp3) is 0.429. The second-order valence-corrected chi connectivity index (χ2v) is 3.53. The summed E-state index contributed by atoms with van der Waals surface area (Å²) in [7, 11) is 0. The third-order valence-corrected chi connectivity index (χ3v) is 2.87. The van der Waals surface area contributed by atoms with E-state index in [0.29, 0.717) is 0 Å². The molecule has 0 aromatic carbocycles. The molecule has 11 heavy (non-hydrogen) atoms. The molecule has 0 amide bonds. The number of carboxylic acid groups (broad SMARTS) is 1. The SMILES string of the molecule is O=C(O)C1CCc2scnc21. The monoisotopic (exact) mass is 169 g/mol. The molecule has 2 rings (SSSR count). The predicted octanol–water partition coefficient (Wildman–Crippen LogP) is 1.26. The Morgan fingerprint density at radius 3 is 3.36 bits per heavy atom. The molecule has 0 saturated carbocycles. The van der Waals surface area contributed by atoms with Crippen LogP contribution in [0.4, 0.5) is 0 Å². The first-order valence-corrected chi connectivity index (χ1v) is 4.32. The van der Waals surface area contributed by atoms with Gasteiger partial charge in [-0.05, 0) is 12.8 Å². The van der Waals surface area contributed by atoms with Crippen molar-refractivity contribution in [2.45, 2.75) is 18.8 Å². The first-order chi connectivity index (χ1) is 5.29. The van der Waals surface area contributed by atoms with E-state index in [-0.39, 0.29) is 5.92 Å².